The number of aromatic nitrogens is 1. The van der Waals surface area contributed by atoms with E-state index in [0.717, 1.165) is 16.5 Å². The molecule has 0 unspecified atom stereocenters. The SMILES string of the molecule is CCNC(=O)c1[nH]c2ccc(C)cc2c1NC(=O)c1ccc(Cl)cc1. The Bertz CT molecular complexity index is 945. The molecular weight excluding hydrogens is 338 g/mol. The molecule has 128 valence electrons. The molecule has 6 heteroatoms. The monoisotopic (exact) mass is 355 g/mol. The van der Waals surface area contributed by atoms with Crippen LogP contribution in [0.2, 0.25) is 5.02 Å². The van der Waals surface area contributed by atoms with Crippen molar-refractivity contribution in [2.75, 3.05) is 11.9 Å². The zero-order chi connectivity index (χ0) is 18.0. The molecular formula is C19H18ClN3O2. The largest absolute Gasteiger partial charge is 0.351 e. The minimum atomic E-state index is -0.301. The number of hydrogen-bond donors (Lipinski definition) is 3. The van der Waals surface area contributed by atoms with E-state index in [1.165, 1.54) is 0 Å². The van der Waals surface area contributed by atoms with Gasteiger partial charge in [-0.1, -0.05) is 23.2 Å². The highest BCUT2D eigenvalue weighted by Gasteiger charge is 2.20. The van der Waals surface area contributed by atoms with Gasteiger partial charge in [-0.2, -0.15) is 0 Å². The fourth-order valence-electron chi connectivity index (χ4n) is 2.64. The molecule has 0 saturated carbocycles. The molecule has 0 saturated heterocycles. The maximum Gasteiger partial charge on any atom is 0.269 e. The van der Waals surface area contributed by atoms with Gasteiger partial charge in [-0.15, -0.1) is 0 Å². The molecule has 0 radical (unpaired) electrons. The number of aryl methyl sites for hydroxylation is 1. The van der Waals surface area contributed by atoms with E-state index < -0.39 is 0 Å². The van der Waals surface area contributed by atoms with Gasteiger partial charge >= 0.3 is 0 Å². The number of fused-ring (bicyclic) bond motifs is 1. The molecule has 2 amide bonds. The van der Waals surface area contributed by atoms with Gasteiger partial charge in [0, 0.05) is 28.0 Å². The Balaban J connectivity index is 2.04. The fourth-order valence-corrected chi connectivity index (χ4v) is 2.77. The highest BCUT2D eigenvalue weighted by molar-refractivity contribution is 6.30. The van der Waals surface area contributed by atoms with Crippen LogP contribution < -0.4 is 10.6 Å². The van der Waals surface area contributed by atoms with Crippen LogP contribution in [0.1, 0.15) is 33.3 Å². The van der Waals surface area contributed by atoms with E-state index in [4.69, 9.17) is 11.6 Å². The summed E-state index contributed by atoms with van der Waals surface area (Å²) in [7, 11) is 0. The second-order valence-corrected chi connectivity index (χ2v) is 6.18. The van der Waals surface area contributed by atoms with Gasteiger partial charge in [-0.25, -0.2) is 0 Å². The summed E-state index contributed by atoms with van der Waals surface area (Å²) in [5.74, 6) is -0.563. The minimum absolute atomic E-state index is 0.261. The maximum atomic E-state index is 12.6. The smallest absolute Gasteiger partial charge is 0.269 e. The third kappa shape index (κ3) is 3.51. The standard InChI is InChI=1S/C19H18ClN3O2/c1-3-21-19(25)17-16(14-10-11(2)4-9-15(14)22-17)23-18(24)12-5-7-13(20)8-6-12/h4-10,22H,3H2,1-2H3,(H,21,25)(H,23,24). The molecule has 0 fully saturated rings. The summed E-state index contributed by atoms with van der Waals surface area (Å²) in [4.78, 5) is 28.1. The highest BCUT2D eigenvalue weighted by atomic mass is 35.5. The Kier molecular flexibility index (Phi) is 4.76. The van der Waals surface area contributed by atoms with E-state index in [2.05, 4.69) is 15.6 Å². The van der Waals surface area contributed by atoms with Crippen LogP contribution in [0.3, 0.4) is 0 Å². The van der Waals surface area contributed by atoms with Crippen LogP contribution in [0.4, 0.5) is 5.69 Å². The lowest BCUT2D eigenvalue weighted by atomic mass is 10.1. The van der Waals surface area contributed by atoms with Gasteiger partial charge in [0.05, 0.1) is 5.69 Å². The predicted octanol–water partition coefficient (Wildman–Crippen LogP) is 4.13. The molecule has 0 spiro atoms. The Morgan fingerprint density at radius 3 is 2.48 bits per heavy atom. The Morgan fingerprint density at radius 2 is 1.80 bits per heavy atom. The van der Waals surface area contributed by atoms with Crippen molar-refractivity contribution in [3.63, 3.8) is 0 Å². The number of rotatable bonds is 4. The van der Waals surface area contributed by atoms with Gasteiger partial charge in [0.2, 0.25) is 0 Å². The lowest BCUT2D eigenvalue weighted by Crippen LogP contribution is -2.24. The summed E-state index contributed by atoms with van der Waals surface area (Å²) in [6, 6.07) is 12.4. The molecule has 0 aliphatic carbocycles. The molecule has 0 aliphatic heterocycles. The number of aromatic amines is 1. The summed E-state index contributed by atoms with van der Waals surface area (Å²) in [5, 5.41) is 6.97. The summed E-state index contributed by atoms with van der Waals surface area (Å²) < 4.78 is 0. The molecule has 0 aliphatic rings. The number of amides is 2. The van der Waals surface area contributed by atoms with Crippen LogP contribution in [-0.2, 0) is 0 Å². The molecule has 3 aromatic rings. The van der Waals surface area contributed by atoms with Gasteiger partial charge in [0.1, 0.15) is 5.69 Å². The number of nitrogens with one attached hydrogen (secondary N) is 3. The minimum Gasteiger partial charge on any atom is -0.351 e. The van der Waals surface area contributed by atoms with E-state index in [0.29, 0.717) is 28.5 Å². The summed E-state index contributed by atoms with van der Waals surface area (Å²) in [5.41, 5.74) is 3.11. The van der Waals surface area contributed by atoms with Crippen LogP contribution in [-0.4, -0.2) is 23.3 Å². The predicted molar refractivity (Wildman–Crippen MR) is 100 cm³/mol. The third-order valence-corrected chi connectivity index (χ3v) is 4.12. The van der Waals surface area contributed by atoms with Crippen LogP contribution in [0.5, 0.6) is 0 Å². The second kappa shape index (κ2) is 6.99. The number of carbonyl (C=O) groups is 2. The topological polar surface area (TPSA) is 74.0 Å². The van der Waals surface area contributed by atoms with Crippen molar-refractivity contribution in [1.82, 2.24) is 10.3 Å². The first-order valence-electron chi connectivity index (χ1n) is 7.97. The van der Waals surface area contributed by atoms with E-state index in [-0.39, 0.29) is 11.8 Å². The van der Waals surface area contributed by atoms with Crippen molar-refractivity contribution in [3.05, 3.63) is 64.3 Å². The number of carbonyl (C=O) groups excluding carboxylic acids is 2. The first-order chi connectivity index (χ1) is 12.0. The number of hydrogen-bond acceptors (Lipinski definition) is 2. The van der Waals surface area contributed by atoms with Crippen LogP contribution in [0.15, 0.2) is 42.5 Å². The molecule has 25 heavy (non-hydrogen) atoms. The van der Waals surface area contributed by atoms with Crippen molar-refractivity contribution in [3.8, 4) is 0 Å². The molecule has 2 aromatic carbocycles. The van der Waals surface area contributed by atoms with Gasteiger partial charge < -0.3 is 15.6 Å². The van der Waals surface area contributed by atoms with Crippen molar-refractivity contribution >= 4 is 40.0 Å². The molecule has 0 bridgehead atoms. The van der Waals surface area contributed by atoms with E-state index >= 15 is 0 Å². The first-order valence-corrected chi connectivity index (χ1v) is 8.35. The maximum absolute atomic E-state index is 12.6. The van der Waals surface area contributed by atoms with Crippen LogP contribution in [0, 0.1) is 6.92 Å². The Labute approximate surface area is 150 Å². The van der Waals surface area contributed by atoms with E-state index in [1.807, 2.05) is 32.0 Å². The fraction of sp³-hybridized carbons (Fsp3) is 0.158. The molecule has 0 atom stereocenters. The van der Waals surface area contributed by atoms with Gasteiger partial charge in [0.25, 0.3) is 11.8 Å². The normalized spacial score (nSPS) is 10.7. The molecule has 3 rings (SSSR count). The van der Waals surface area contributed by atoms with Crippen molar-refractivity contribution in [1.29, 1.82) is 0 Å². The molecule has 1 aromatic heterocycles. The van der Waals surface area contributed by atoms with Crippen molar-refractivity contribution in [2.24, 2.45) is 0 Å². The van der Waals surface area contributed by atoms with E-state index in [9.17, 15) is 9.59 Å². The summed E-state index contributed by atoms with van der Waals surface area (Å²) in [6.45, 7) is 4.30. The molecule has 5 nitrogen and oxygen atoms in total. The lowest BCUT2D eigenvalue weighted by Gasteiger charge is -2.08. The molecule has 1 heterocycles. The lowest BCUT2D eigenvalue weighted by molar-refractivity contribution is 0.0952. The van der Waals surface area contributed by atoms with Crippen molar-refractivity contribution < 1.29 is 9.59 Å². The average molecular weight is 356 g/mol. The summed E-state index contributed by atoms with van der Waals surface area (Å²) in [6.07, 6.45) is 0. The van der Waals surface area contributed by atoms with Crippen LogP contribution >= 0.6 is 11.6 Å². The number of halogens is 1. The van der Waals surface area contributed by atoms with Crippen molar-refractivity contribution in [2.45, 2.75) is 13.8 Å². The zero-order valence-corrected chi connectivity index (χ0v) is 14.7. The quantitative estimate of drug-likeness (QED) is 0.658. The van der Waals surface area contributed by atoms with Gasteiger partial charge in [-0.3, -0.25) is 9.59 Å². The highest BCUT2D eigenvalue weighted by Crippen LogP contribution is 2.29. The number of anilines is 1. The van der Waals surface area contributed by atoms with Gasteiger partial charge in [-0.05, 0) is 50.2 Å². The van der Waals surface area contributed by atoms with E-state index in [1.54, 1.807) is 24.3 Å². The first kappa shape index (κ1) is 17.0. The number of benzene rings is 2. The van der Waals surface area contributed by atoms with Gasteiger partial charge in [0.15, 0.2) is 0 Å². The Morgan fingerprint density at radius 1 is 1.08 bits per heavy atom. The summed E-state index contributed by atoms with van der Waals surface area (Å²) >= 11 is 5.87. The average Bonchev–Trinajstić information content (AvgIpc) is 2.93. The third-order valence-electron chi connectivity index (χ3n) is 3.86. The second-order valence-electron chi connectivity index (χ2n) is 5.74. The zero-order valence-electron chi connectivity index (χ0n) is 13.9. The molecule has 3 N–H and O–H groups in total. The number of H-pyrrole nitrogens is 1. The van der Waals surface area contributed by atoms with Crippen LogP contribution in [0.25, 0.3) is 10.9 Å². The Hall–Kier alpha value is -2.79.